The van der Waals surface area contributed by atoms with Crippen LogP contribution in [0.25, 0.3) is 10.8 Å². The van der Waals surface area contributed by atoms with E-state index in [4.69, 9.17) is 9.47 Å². The van der Waals surface area contributed by atoms with Gasteiger partial charge in [0, 0.05) is 0 Å². The normalized spacial score (nSPS) is 16.4. The standard InChI is InChI=1S/C21H22N2O5/c1-3-27-20(25)19-13(2)22-21(26)23-17(19)12-28-18(24)11-14-8-9-15-6-4-5-7-16(15)10-14/h4-10,13H,3,11-12H2,1-2H3,(H2,22,23,26). The lowest BCUT2D eigenvalue weighted by Crippen LogP contribution is -2.50. The van der Waals surface area contributed by atoms with Crippen LogP contribution in [0.5, 0.6) is 0 Å². The fourth-order valence-corrected chi connectivity index (χ4v) is 3.11. The van der Waals surface area contributed by atoms with Gasteiger partial charge in [0.05, 0.1) is 30.3 Å². The summed E-state index contributed by atoms with van der Waals surface area (Å²) < 4.78 is 10.3. The maximum Gasteiger partial charge on any atom is 0.338 e. The molecule has 0 radical (unpaired) electrons. The van der Waals surface area contributed by atoms with Gasteiger partial charge >= 0.3 is 18.0 Å². The van der Waals surface area contributed by atoms with E-state index in [-0.39, 0.29) is 30.9 Å². The Morgan fingerprint density at radius 2 is 1.82 bits per heavy atom. The summed E-state index contributed by atoms with van der Waals surface area (Å²) in [5, 5.41) is 7.26. The van der Waals surface area contributed by atoms with E-state index in [2.05, 4.69) is 10.6 Å². The van der Waals surface area contributed by atoms with Gasteiger partial charge in [-0.25, -0.2) is 9.59 Å². The molecule has 2 N–H and O–H groups in total. The zero-order valence-corrected chi connectivity index (χ0v) is 15.8. The Morgan fingerprint density at radius 1 is 1.07 bits per heavy atom. The molecule has 1 aliphatic heterocycles. The highest BCUT2D eigenvalue weighted by Gasteiger charge is 2.30. The number of ether oxygens (including phenoxy) is 2. The first kappa shape index (κ1) is 19.4. The van der Waals surface area contributed by atoms with Crippen molar-refractivity contribution in [2.24, 2.45) is 0 Å². The third kappa shape index (κ3) is 4.49. The number of hydrogen-bond donors (Lipinski definition) is 2. The van der Waals surface area contributed by atoms with Crippen molar-refractivity contribution < 1.29 is 23.9 Å². The van der Waals surface area contributed by atoms with Crippen molar-refractivity contribution >= 4 is 28.7 Å². The van der Waals surface area contributed by atoms with E-state index >= 15 is 0 Å². The molecule has 7 nitrogen and oxygen atoms in total. The summed E-state index contributed by atoms with van der Waals surface area (Å²) in [5.41, 5.74) is 1.31. The second-order valence-electron chi connectivity index (χ2n) is 6.45. The number of urea groups is 1. The number of rotatable bonds is 6. The first-order chi connectivity index (χ1) is 13.5. The lowest BCUT2D eigenvalue weighted by Gasteiger charge is -2.26. The predicted octanol–water partition coefficient (Wildman–Crippen LogP) is 2.44. The van der Waals surface area contributed by atoms with Crippen LogP contribution in [-0.2, 0) is 25.5 Å². The second-order valence-corrected chi connectivity index (χ2v) is 6.45. The summed E-state index contributed by atoms with van der Waals surface area (Å²) >= 11 is 0. The molecule has 7 heteroatoms. The van der Waals surface area contributed by atoms with Gasteiger partial charge in [-0.05, 0) is 30.2 Å². The molecule has 146 valence electrons. The van der Waals surface area contributed by atoms with E-state index in [9.17, 15) is 14.4 Å². The van der Waals surface area contributed by atoms with Crippen molar-refractivity contribution in [2.75, 3.05) is 13.2 Å². The smallest absolute Gasteiger partial charge is 0.338 e. The molecule has 0 saturated carbocycles. The third-order valence-corrected chi connectivity index (χ3v) is 4.41. The first-order valence-electron chi connectivity index (χ1n) is 9.09. The van der Waals surface area contributed by atoms with E-state index in [1.165, 1.54) is 0 Å². The van der Waals surface area contributed by atoms with Gasteiger partial charge in [-0.3, -0.25) is 4.79 Å². The number of hydrogen-bond acceptors (Lipinski definition) is 5. The first-order valence-corrected chi connectivity index (χ1v) is 9.09. The minimum Gasteiger partial charge on any atom is -0.463 e. The van der Waals surface area contributed by atoms with Crippen LogP contribution in [0.2, 0.25) is 0 Å². The molecule has 0 aliphatic carbocycles. The average Bonchev–Trinajstić information content (AvgIpc) is 2.66. The largest absolute Gasteiger partial charge is 0.463 e. The molecule has 0 aromatic heterocycles. The van der Waals surface area contributed by atoms with Gasteiger partial charge in [0.1, 0.15) is 6.61 Å². The van der Waals surface area contributed by atoms with Gasteiger partial charge in [0.25, 0.3) is 0 Å². The van der Waals surface area contributed by atoms with E-state index in [0.717, 1.165) is 16.3 Å². The van der Waals surface area contributed by atoms with Crippen LogP contribution in [-0.4, -0.2) is 37.2 Å². The Hall–Kier alpha value is -3.35. The molecule has 2 aromatic carbocycles. The van der Waals surface area contributed by atoms with E-state index in [0.29, 0.717) is 0 Å². The monoisotopic (exact) mass is 382 g/mol. The fourth-order valence-electron chi connectivity index (χ4n) is 3.11. The predicted molar refractivity (Wildman–Crippen MR) is 103 cm³/mol. The Balaban J connectivity index is 1.69. The van der Waals surface area contributed by atoms with Gasteiger partial charge in [-0.1, -0.05) is 42.5 Å². The number of carbonyl (C=O) groups excluding carboxylic acids is 3. The third-order valence-electron chi connectivity index (χ3n) is 4.41. The van der Waals surface area contributed by atoms with Crippen molar-refractivity contribution in [3.8, 4) is 0 Å². The number of esters is 2. The number of nitrogens with one attached hydrogen (secondary N) is 2. The van der Waals surface area contributed by atoms with Crippen LogP contribution in [0.1, 0.15) is 19.4 Å². The van der Waals surface area contributed by atoms with Crippen molar-refractivity contribution in [3.05, 3.63) is 59.3 Å². The molecular weight excluding hydrogens is 360 g/mol. The zero-order chi connectivity index (χ0) is 20.1. The van der Waals surface area contributed by atoms with Gasteiger partial charge in [-0.2, -0.15) is 0 Å². The van der Waals surface area contributed by atoms with Gasteiger partial charge in [0.15, 0.2) is 0 Å². The lowest BCUT2D eigenvalue weighted by atomic mass is 10.0. The zero-order valence-electron chi connectivity index (χ0n) is 15.8. The molecule has 1 aliphatic rings. The van der Waals surface area contributed by atoms with Crippen molar-refractivity contribution in [1.29, 1.82) is 0 Å². The number of amides is 2. The highest BCUT2D eigenvalue weighted by Crippen LogP contribution is 2.17. The summed E-state index contributed by atoms with van der Waals surface area (Å²) in [6, 6.07) is 12.6. The Labute approximate surface area is 162 Å². The molecule has 0 bridgehead atoms. The van der Waals surface area contributed by atoms with E-state index in [1.54, 1.807) is 13.8 Å². The summed E-state index contributed by atoms with van der Waals surface area (Å²) in [6.07, 6.45) is 0.0919. The number of carbonyl (C=O) groups is 3. The number of benzene rings is 2. The summed E-state index contributed by atoms with van der Waals surface area (Å²) in [7, 11) is 0. The fraction of sp³-hybridized carbons (Fsp3) is 0.286. The lowest BCUT2D eigenvalue weighted by molar-refractivity contribution is -0.143. The van der Waals surface area contributed by atoms with Crippen LogP contribution >= 0.6 is 0 Å². The van der Waals surface area contributed by atoms with E-state index in [1.807, 2.05) is 42.5 Å². The SMILES string of the molecule is CCOC(=O)C1=C(COC(=O)Cc2ccc3ccccc3c2)NC(=O)NC1C. The molecule has 1 heterocycles. The molecule has 2 aromatic rings. The molecule has 1 atom stereocenters. The van der Waals surface area contributed by atoms with Crippen molar-refractivity contribution in [2.45, 2.75) is 26.3 Å². The number of fused-ring (bicyclic) bond motifs is 1. The molecule has 0 saturated heterocycles. The molecule has 0 spiro atoms. The van der Waals surface area contributed by atoms with Gasteiger partial charge in [0.2, 0.25) is 0 Å². The Bertz CT molecular complexity index is 951. The minimum atomic E-state index is -0.553. The summed E-state index contributed by atoms with van der Waals surface area (Å²) in [6.45, 7) is 3.36. The molecular formula is C21H22N2O5. The van der Waals surface area contributed by atoms with Crippen molar-refractivity contribution in [3.63, 3.8) is 0 Å². The summed E-state index contributed by atoms with van der Waals surface area (Å²) in [4.78, 5) is 36.2. The molecule has 0 fully saturated rings. The topological polar surface area (TPSA) is 93.7 Å². The molecule has 2 amide bonds. The molecule has 28 heavy (non-hydrogen) atoms. The van der Waals surface area contributed by atoms with Gasteiger partial charge in [-0.15, -0.1) is 0 Å². The summed E-state index contributed by atoms with van der Waals surface area (Å²) in [5.74, 6) is -1.01. The van der Waals surface area contributed by atoms with Crippen LogP contribution < -0.4 is 10.6 Å². The van der Waals surface area contributed by atoms with Crippen LogP contribution in [0.4, 0.5) is 4.79 Å². The molecule has 3 rings (SSSR count). The maximum absolute atomic E-state index is 12.3. The highest BCUT2D eigenvalue weighted by molar-refractivity contribution is 5.94. The van der Waals surface area contributed by atoms with Crippen LogP contribution in [0, 0.1) is 0 Å². The average molecular weight is 382 g/mol. The highest BCUT2D eigenvalue weighted by atomic mass is 16.5. The maximum atomic E-state index is 12.3. The minimum absolute atomic E-state index is 0.0919. The van der Waals surface area contributed by atoms with Crippen molar-refractivity contribution in [1.82, 2.24) is 10.6 Å². The Morgan fingerprint density at radius 3 is 2.57 bits per heavy atom. The van der Waals surface area contributed by atoms with Gasteiger partial charge < -0.3 is 20.1 Å². The quantitative estimate of drug-likeness (QED) is 0.749. The molecule has 1 unspecified atom stereocenters. The van der Waals surface area contributed by atoms with Crippen LogP contribution in [0.15, 0.2) is 53.7 Å². The van der Waals surface area contributed by atoms with E-state index < -0.39 is 24.0 Å². The Kier molecular flexibility index (Phi) is 5.93. The second kappa shape index (κ2) is 8.56. The van der Waals surface area contributed by atoms with Crippen LogP contribution in [0.3, 0.4) is 0 Å².